The molecule has 3 aromatic rings. The number of carbonyl (C=O) groups is 2. The second-order valence-electron chi connectivity index (χ2n) is 6.47. The molecule has 0 fully saturated rings. The molecule has 1 heterocycles. The first-order valence-electron chi connectivity index (χ1n) is 8.59. The molecule has 2 N–H and O–H groups in total. The molecule has 160 valence electrons. The highest BCUT2D eigenvalue weighted by Crippen LogP contribution is 2.40. The second kappa shape index (κ2) is 8.27. The van der Waals surface area contributed by atoms with E-state index in [1.165, 1.54) is 30.3 Å². The number of alkyl halides is 3. The molecule has 31 heavy (non-hydrogen) atoms. The van der Waals surface area contributed by atoms with Crippen molar-refractivity contribution in [2.24, 2.45) is 0 Å². The number of aromatic carboxylic acids is 2. The van der Waals surface area contributed by atoms with E-state index in [0.29, 0.717) is 11.8 Å². The fourth-order valence-corrected chi connectivity index (χ4v) is 3.09. The van der Waals surface area contributed by atoms with Gasteiger partial charge in [0.2, 0.25) is 5.88 Å². The summed E-state index contributed by atoms with van der Waals surface area (Å²) in [7, 11) is 0. The van der Waals surface area contributed by atoms with Crippen LogP contribution in [0.2, 0.25) is 5.02 Å². The van der Waals surface area contributed by atoms with Crippen LogP contribution in [0.4, 0.5) is 13.2 Å². The molecule has 0 aliphatic heterocycles. The number of aromatic nitrogens is 1. The third kappa shape index (κ3) is 4.77. The molecule has 1 aromatic heterocycles. The van der Waals surface area contributed by atoms with Crippen molar-refractivity contribution in [2.45, 2.75) is 13.1 Å². The average Bonchev–Trinajstić information content (AvgIpc) is 2.68. The summed E-state index contributed by atoms with van der Waals surface area (Å²) in [6, 6.07) is 8.41. The van der Waals surface area contributed by atoms with Crippen molar-refractivity contribution in [1.82, 2.24) is 4.98 Å². The maximum atomic E-state index is 12.7. The number of hydrogen-bond donors (Lipinski definition) is 2. The van der Waals surface area contributed by atoms with Crippen LogP contribution in [-0.4, -0.2) is 27.1 Å². The van der Waals surface area contributed by atoms with Gasteiger partial charge in [-0.3, -0.25) is 0 Å². The molecule has 0 aliphatic carbocycles. The van der Waals surface area contributed by atoms with Crippen LogP contribution in [0.3, 0.4) is 0 Å². The van der Waals surface area contributed by atoms with Crippen LogP contribution in [0.5, 0.6) is 11.6 Å². The Bertz CT molecular complexity index is 1140. The Labute approximate surface area is 178 Å². The summed E-state index contributed by atoms with van der Waals surface area (Å²) in [5.74, 6) is -3.00. The van der Waals surface area contributed by atoms with Gasteiger partial charge in [-0.25, -0.2) is 14.6 Å². The molecule has 0 radical (unpaired) electrons. The maximum absolute atomic E-state index is 12.7. The second-order valence-corrected chi connectivity index (χ2v) is 6.91. The number of carboxylic acids is 2. The van der Waals surface area contributed by atoms with Crippen LogP contribution in [0, 0.1) is 6.92 Å². The number of ether oxygens (including phenoxy) is 1. The number of nitrogens with zero attached hydrogens (tertiary/aromatic N) is 1. The van der Waals surface area contributed by atoms with Gasteiger partial charge in [-0.2, -0.15) is 13.2 Å². The molecule has 0 amide bonds. The van der Waals surface area contributed by atoms with Gasteiger partial charge in [-0.1, -0.05) is 11.6 Å². The lowest BCUT2D eigenvalue weighted by atomic mass is 9.91. The number of carboxylic acid groups (broad SMARTS) is 2. The molecule has 0 unspecified atom stereocenters. The fourth-order valence-electron chi connectivity index (χ4n) is 2.92. The smallest absolute Gasteiger partial charge is 0.417 e. The van der Waals surface area contributed by atoms with Crippen molar-refractivity contribution in [2.75, 3.05) is 0 Å². The molecule has 0 aliphatic rings. The van der Waals surface area contributed by atoms with Crippen LogP contribution in [0.15, 0.2) is 48.7 Å². The first kappa shape index (κ1) is 22.1. The van der Waals surface area contributed by atoms with Crippen molar-refractivity contribution in [3.05, 3.63) is 75.9 Å². The molecule has 0 spiro atoms. The topological polar surface area (TPSA) is 96.7 Å². The van der Waals surface area contributed by atoms with Crippen LogP contribution >= 0.6 is 11.6 Å². The normalized spacial score (nSPS) is 11.3. The van der Waals surface area contributed by atoms with E-state index in [0.717, 1.165) is 12.1 Å². The molecule has 0 bridgehead atoms. The molecule has 0 saturated heterocycles. The minimum atomic E-state index is -4.58. The highest BCUT2D eigenvalue weighted by Gasteiger charge is 2.31. The van der Waals surface area contributed by atoms with E-state index >= 15 is 0 Å². The molecule has 3 rings (SSSR count). The van der Waals surface area contributed by atoms with Crippen molar-refractivity contribution in [1.29, 1.82) is 0 Å². The van der Waals surface area contributed by atoms with Gasteiger partial charge in [-0.15, -0.1) is 0 Å². The minimum Gasteiger partial charge on any atom is -0.478 e. The zero-order valence-corrected chi connectivity index (χ0v) is 16.5. The molecule has 10 heteroatoms. The average molecular weight is 452 g/mol. The van der Waals surface area contributed by atoms with Gasteiger partial charge in [0.15, 0.2) is 0 Å². The van der Waals surface area contributed by atoms with E-state index in [4.69, 9.17) is 16.3 Å². The molecule has 6 nitrogen and oxygen atoms in total. The Balaban J connectivity index is 2.18. The Kier molecular flexibility index (Phi) is 5.90. The number of pyridine rings is 1. The number of benzene rings is 2. The monoisotopic (exact) mass is 451 g/mol. The van der Waals surface area contributed by atoms with E-state index in [-0.39, 0.29) is 38.9 Å². The van der Waals surface area contributed by atoms with Gasteiger partial charge in [0.05, 0.1) is 16.7 Å². The lowest BCUT2D eigenvalue weighted by molar-refractivity contribution is -0.137. The van der Waals surface area contributed by atoms with Gasteiger partial charge in [-0.05, 0) is 48.9 Å². The van der Waals surface area contributed by atoms with E-state index in [1.54, 1.807) is 6.92 Å². The summed E-state index contributed by atoms with van der Waals surface area (Å²) < 4.78 is 43.8. The Hall–Kier alpha value is -3.59. The highest BCUT2D eigenvalue weighted by atomic mass is 35.5. The van der Waals surface area contributed by atoms with Crippen molar-refractivity contribution in [3.63, 3.8) is 0 Å². The van der Waals surface area contributed by atoms with Gasteiger partial charge >= 0.3 is 18.1 Å². The zero-order valence-electron chi connectivity index (χ0n) is 15.7. The van der Waals surface area contributed by atoms with E-state index in [9.17, 15) is 33.0 Å². The lowest BCUT2D eigenvalue weighted by Crippen LogP contribution is -2.09. The number of hydrogen-bond acceptors (Lipinski definition) is 4. The first-order valence-corrected chi connectivity index (χ1v) is 8.97. The summed E-state index contributed by atoms with van der Waals surface area (Å²) >= 11 is 6.04. The molecular weight excluding hydrogens is 439 g/mol. The number of aryl methyl sites for hydroxylation is 1. The Morgan fingerprint density at radius 2 is 1.61 bits per heavy atom. The predicted octanol–water partition coefficient (Wildman–Crippen LogP) is 5.92. The molecule has 2 aromatic carbocycles. The molecule has 0 saturated carbocycles. The van der Waals surface area contributed by atoms with Gasteiger partial charge < -0.3 is 14.9 Å². The lowest BCUT2D eigenvalue weighted by Gasteiger charge is -2.16. The van der Waals surface area contributed by atoms with Crippen LogP contribution in [0.1, 0.15) is 31.8 Å². The maximum Gasteiger partial charge on any atom is 0.417 e. The summed E-state index contributed by atoms with van der Waals surface area (Å²) in [5, 5.41) is 19.4. The van der Waals surface area contributed by atoms with Crippen molar-refractivity contribution < 1.29 is 37.7 Å². The van der Waals surface area contributed by atoms with E-state index in [2.05, 4.69) is 4.98 Å². The van der Waals surface area contributed by atoms with Gasteiger partial charge in [0.25, 0.3) is 0 Å². The first-order chi connectivity index (χ1) is 14.5. The van der Waals surface area contributed by atoms with Crippen molar-refractivity contribution >= 4 is 23.5 Å². The zero-order chi connectivity index (χ0) is 22.9. The van der Waals surface area contributed by atoms with Crippen molar-refractivity contribution in [3.8, 4) is 22.8 Å². The standard InChI is InChI=1S/C21H13ClF3NO5/c1-10-6-14(19(27)28)18(15(7-10)20(29)30)13-8-12(22)3-4-16(13)31-17-5-2-11(9-26-17)21(23,24)25/h2-9H,1H3,(H,27,28)(H,29,30). The quantitative estimate of drug-likeness (QED) is 0.500. The summed E-state index contributed by atoms with van der Waals surface area (Å²) in [6.07, 6.45) is -3.99. The van der Waals surface area contributed by atoms with Crippen LogP contribution < -0.4 is 4.74 Å². The van der Waals surface area contributed by atoms with Gasteiger partial charge in [0.1, 0.15) is 5.75 Å². The summed E-state index contributed by atoms with van der Waals surface area (Å²) in [6.45, 7) is 1.55. The van der Waals surface area contributed by atoms with Gasteiger partial charge in [0, 0.05) is 28.4 Å². The third-order valence-electron chi connectivity index (χ3n) is 4.23. The Morgan fingerprint density at radius 3 is 2.10 bits per heavy atom. The summed E-state index contributed by atoms with van der Waals surface area (Å²) in [5.41, 5.74) is -1.29. The molecular formula is C21H13ClF3NO5. The number of halogens is 4. The minimum absolute atomic E-state index is 0.0315. The van der Waals surface area contributed by atoms with E-state index in [1.807, 2.05) is 0 Å². The Morgan fingerprint density at radius 1 is 1.00 bits per heavy atom. The van der Waals surface area contributed by atoms with E-state index < -0.39 is 23.7 Å². The summed E-state index contributed by atoms with van der Waals surface area (Å²) in [4.78, 5) is 27.3. The van der Waals surface area contributed by atoms with Crippen LogP contribution in [-0.2, 0) is 6.18 Å². The highest BCUT2D eigenvalue weighted by molar-refractivity contribution is 6.31. The molecule has 0 atom stereocenters. The largest absolute Gasteiger partial charge is 0.478 e. The SMILES string of the molecule is Cc1cc(C(=O)O)c(-c2cc(Cl)ccc2Oc2ccc(C(F)(F)F)cn2)c(C(=O)O)c1. The number of rotatable bonds is 5. The predicted molar refractivity (Wildman–Crippen MR) is 105 cm³/mol. The fraction of sp³-hybridized carbons (Fsp3) is 0.0952. The van der Waals surface area contributed by atoms with Crippen LogP contribution in [0.25, 0.3) is 11.1 Å². The third-order valence-corrected chi connectivity index (χ3v) is 4.47.